The maximum absolute atomic E-state index is 6.41. The Balaban J connectivity index is 1.95. The largest absolute Gasteiger partial charge is 0.327 e. The van der Waals surface area contributed by atoms with E-state index in [1.54, 1.807) is 0 Å². The molecule has 0 aromatic carbocycles. The molecule has 0 saturated heterocycles. The van der Waals surface area contributed by atoms with Crippen molar-refractivity contribution in [3.05, 3.63) is 0 Å². The fourth-order valence-corrected chi connectivity index (χ4v) is 4.77. The lowest BCUT2D eigenvalue weighted by Crippen LogP contribution is -2.59. The van der Waals surface area contributed by atoms with Crippen LogP contribution in [-0.2, 0) is 0 Å². The summed E-state index contributed by atoms with van der Waals surface area (Å²) < 4.78 is 0. The molecule has 3 atom stereocenters. The molecule has 4 aliphatic carbocycles. The highest BCUT2D eigenvalue weighted by molar-refractivity contribution is 5.07. The zero-order valence-corrected chi connectivity index (χ0v) is 8.63. The molecule has 4 aliphatic rings. The first-order valence-corrected chi connectivity index (χ1v) is 5.99. The molecule has 4 fully saturated rings. The van der Waals surface area contributed by atoms with Crippen LogP contribution >= 0.6 is 0 Å². The molecule has 13 heavy (non-hydrogen) atoms. The quantitative estimate of drug-likeness (QED) is 0.657. The Hall–Kier alpha value is -0.0400. The van der Waals surface area contributed by atoms with E-state index in [9.17, 15) is 0 Å². The Morgan fingerprint density at radius 2 is 1.77 bits per heavy atom. The van der Waals surface area contributed by atoms with Gasteiger partial charge in [0, 0.05) is 6.04 Å². The first kappa shape index (κ1) is 8.28. The van der Waals surface area contributed by atoms with Gasteiger partial charge in [0.1, 0.15) is 0 Å². The predicted molar refractivity (Wildman–Crippen MR) is 54.3 cm³/mol. The van der Waals surface area contributed by atoms with Gasteiger partial charge < -0.3 is 5.73 Å². The van der Waals surface area contributed by atoms with Crippen molar-refractivity contribution in [3.63, 3.8) is 0 Å². The number of hydrogen-bond donors (Lipinski definition) is 1. The Kier molecular flexibility index (Phi) is 1.59. The van der Waals surface area contributed by atoms with Crippen molar-refractivity contribution in [3.8, 4) is 0 Å². The summed E-state index contributed by atoms with van der Waals surface area (Å²) in [5.41, 5.74) is 6.99. The lowest BCUT2D eigenvalue weighted by Gasteiger charge is -2.60. The Bertz CT molecular complexity index is 209. The lowest BCUT2D eigenvalue weighted by molar-refractivity contribution is -0.0737. The standard InChI is InChI=1S/C12H21N/c1-2-12-6-8-3-9(7-12)5-10(4-8)11(12)13/h8-11H,2-7,13H2,1H3. The maximum Gasteiger partial charge on any atom is 0.0124 e. The molecule has 2 N–H and O–H groups in total. The molecule has 0 amide bonds. The van der Waals surface area contributed by atoms with Crippen molar-refractivity contribution in [2.45, 2.75) is 51.5 Å². The van der Waals surface area contributed by atoms with Crippen LogP contribution in [0.1, 0.15) is 45.4 Å². The van der Waals surface area contributed by atoms with Gasteiger partial charge in [-0.1, -0.05) is 6.92 Å². The van der Waals surface area contributed by atoms with E-state index < -0.39 is 0 Å². The first-order chi connectivity index (χ1) is 6.23. The second kappa shape index (κ2) is 2.50. The van der Waals surface area contributed by atoms with Gasteiger partial charge in [-0.05, 0) is 61.7 Å². The van der Waals surface area contributed by atoms with Crippen LogP contribution in [-0.4, -0.2) is 6.04 Å². The van der Waals surface area contributed by atoms with E-state index in [0.29, 0.717) is 11.5 Å². The van der Waals surface area contributed by atoms with Crippen LogP contribution in [0.2, 0.25) is 0 Å². The van der Waals surface area contributed by atoms with Crippen LogP contribution in [0.4, 0.5) is 0 Å². The van der Waals surface area contributed by atoms with E-state index >= 15 is 0 Å². The molecular formula is C12H21N. The molecular weight excluding hydrogens is 158 g/mol. The zero-order chi connectivity index (χ0) is 9.05. The molecule has 0 aromatic heterocycles. The van der Waals surface area contributed by atoms with Gasteiger partial charge >= 0.3 is 0 Å². The third-order valence-corrected chi connectivity index (χ3v) is 5.25. The van der Waals surface area contributed by atoms with Gasteiger partial charge in [-0.15, -0.1) is 0 Å². The van der Waals surface area contributed by atoms with Crippen LogP contribution in [0.3, 0.4) is 0 Å². The first-order valence-electron chi connectivity index (χ1n) is 5.99. The van der Waals surface area contributed by atoms with Crippen LogP contribution in [0.15, 0.2) is 0 Å². The monoisotopic (exact) mass is 179 g/mol. The van der Waals surface area contributed by atoms with Gasteiger partial charge in [0.15, 0.2) is 0 Å². The summed E-state index contributed by atoms with van der Waals surface area (Å²) in [6, 6.07) is 0.547. The van der Waals surface area contributed by atoms with Crippen molar-refractivity contribution in [2.24, 2.45) is 28.9 Å². The molecule has 4 bridgehead atoms. The van der Waals surface area contributed by atoms with Gasteiger partial charge in [-0.3, -0.25) is 0 Å². The van der Waals surface area contributed by atoms with E-state index in [-0.39, 0.29) is 0 Å². The van der Waals surface area contributed by atoms with Gasteiger partial charge in [-0.2, -0.15) is 0 Å². The molecule has 1 nitrogen and oxygen atoms in total. The van der Waals surface area contributed by atoms with E-state index in [1.165, 1.54) is 38.5 Å². The number of rotatable bonds is 1. The Morgan fingerprint density at radius 3 is 2.31 bits per heavy atom. The van der Waals surface area contributed by atoms with Crippen molar-refractivity contribution in [1.82, 2.24) is 0 Å². The molecule has 74 valence electrons. The summed E-state index contributed by atoms with van der Waals surface area (Å²) in [6.07, 6.45) is 8.69. The highest BCUT2D eigenvalue weighted by atomic mass is 14.8. The highest BCUT2D eigenvalue weighted by Crippen LogP contribution is 2.60. The average Bonchev–Trinajstić information content (AvgIpc) is 2.12. The summed E-state index contributed by atoms with van der Waals surface area (Å²) >= 11 is 0. The second-order valence-electron chi connectivity index (χ2n) is 5.85. The van der Waals surface area contributed by atoms with Crippen molar-refractivity contribution in [2.75, 3.05) is 0 Å². The fraction of sp³-hybridized carbons (Fsp3) is 1.00. The summed E-state index contributed by atoms with van der Waals surface area (Å²) in [7, 11) is 0. The lowest BCUT2D eigenvalue weighted by atomic mass is 9.47. The van der Waals surface area contributed by atoms with Gasteiger partial charge in [0.05, 0.1) is 0 Å². The van der Waals surface area contributed by atoms with Gasteiger partial charge in [0.2, 0.25) is 0 Å². The normalized spacial score (nSPS) is 58.6. The Morgan fingerprint density at radius 1 is 1.15 bits per heavy atom. The van der Waals surface area contributed by atoms with Crippen molar-refractivity contribution < 1.29 is 0 Å². The van der Waals surface area contributed by atoms with Crippen molar-refractivity contribution in [1.29, 1.82) is 0 Å². The van der Waals surface area contributed by atoms with E-state index in [0.717, 1.165) is 17.8 Å². The molecule has 0 radical (unpaired) electrons. The maximum atomic E-state index is 6.41. The van der Waals surface area contributed by atoms with Crippen LogP contribution in [0.25, 0.3) is 0 Å². The number of hydrogen-bond acceptors (Lipinski definition) is 1. The molecule has 4 saturated carbocycles. The minimum absolute atomic E-state index is 0.547. The third-order valence-electron chi connectivity index (χ3n) is 5.25. The molecule has 0 heterocycles. The fourth-order valence-electron chi connectivity index (χ4n) is 4.77. The van der Waals surface area contributed by atoms with E-state index in [2.05, 4.69) is 6.92 Å². The minimum Gasteiger partial charge on any atom is -0.327 e. The highest BCUT2D eigenvalue weighted by Gasteiger charge is 2.54. The van der Waals surface area contributed by atoms with Crippen molar-refractivity contribution >= 4 is 0 Å². The van der Waals surface area contributed by atoms with E-state index in [1.807, 2.05) is 0 Å². The van der Waals surface area contributed by atoms with Gasteiger partial charge in [0.25, 0.3) is 0 Å². The predicted octanol–water partition coefficient (Wildman–Crippen LogP) is 2.55. The van der Waals surface area contributed by atoms with Gasteiger partial charge in [-0.25, -0.2) is 0 Å². The van der Waals surface area contributed by atoms with Crippen LogP contribution < -0.4 is 5.73 Å². The summed E-state index contributed by atoms with van der Waals surface area (Å²) in [5.74, 6) is 3.00. The number of nitrogens with two attached hydrogens (primary N) is 1. The third kappa shape index (κ3) is 0.971. The van der Waals surface area contributed by atoms with Crippen LogP contribution in [0, 0.1) is 23.2 Å². The zero-order valence-electron chi connectivity index (χ0n) is 8.63. The Labute approximate surface area is 81.1 Å². The topological polar surface area (TPSA) is 26.0 Å². The second-order valence-corrected chi connectivity index (χ2v) is 5.85. The minimum atomic E-state index is 0.547. The molecule has 0 spiro atoms. The summed E-state index contributed by atoms with van der Waals surface area (Å²) in [5, 5.41) is 0. The summed E-state index contributed by atoms with van der Waals surface area (Å²) in [4.78, 5) is 0. The molecule has 4 rings (SSSR count). The summed E-state index contributed by atoms with van der Waals surface area (Å²) in [6.45, 7) is 2.35. The SMILES string of the molecule is CCC12CC3CC(CC(C3)C1N)C2. The molecule has 0 aliphatic heterocycles. The molecule has 1 heteroatoms. The van der Waals surface area contributed by atoms with Crippen LogP contribution in [0.5, 0.6) is 0 Å². The smallest absolute Gasteiger partial charge is 0.0124 e. The average molecular weight is 179 g/mol. The molecule has 0 aromatic rings. The molecule has 3 unspecified atom stereocenters. The van der Waals surface area contributed by atoms with E-state index in [4.69, 9.17) is 5.73 Å².